The van der Waals surface area contributed by atoms with Crippen LogP contribution in [0.1, 0.15) is 60.2 Å². The number of amides is 1. The number of carbonyl (C=O) groups excluding carboxylic acids is 1. The number of aromatic amines is 1. The fourth-order valence-corrected chi connectivity index (χ4v) is 2.22. The molecule has 0 unspecified atom stereocenters. The molecule has 2 aromatic rings. The highest BCUT2D eigenvalue weighted by molar-refractivity contribution is 5.92. The second-order valence-corrected chi connectivity index (χ2v) is 5.73. The zero-order valence-corrected chi connectivity index (χ0v) is 13.3. The van der Waals surface area contributed by atoms with Crippen molar-refractivity contribution < 1.29 is 4.79 Å². The summed E-state index contributed by atoms with van der Waals surface area (Å²) in [6.45, 7) is 7.83. The summed E-state index contributed by atoms with van der Waals surface area (Å²) in [7, 11) is 0. The number of aryl methyl sites for hydroxylation is 1. The first kappa shape index (κ1) is 15.9. The van der Waals surface area contributed by atoms with E-state index in [-0.39, 0.29) is 23.2 Å². The Morgan fingerprint density at radius 2 is 1.73 bits per heavy atom. The van der Waals surface area contributed by atoms with Gasteiger partial charge in [0, 0.05) is 6.07 Å². The minimum absolute atomic E-state index is 0.131. The van der Waals surface area contributed by atoms with Crippen molar-refractivity contribution in [2.75, 3.05) is 0 Å². The van der Waals surface area contributed by atoms with Gasteiger partial charge in [0.2, 0.25) is 0 Å². The van der Waals surface area contributed by atoms with Crippen molar-refractivity contribution in [2.24, 2.45) is 0 Å². The van der Waals surface area contributed by atoms with Gasteiger partial charge in [0.15, 0.2) is 0 Å². The molecule has 1 aromatic heterocycles. The fourth-order valence-electron chi connectivity index (χ4n) is 2.22. The van der Waals surface area contributed by atoms with Crippen LogP contribution in [-0.2, 0) is 0 Å². The summed E-state index contributed by atoms with van der Waals surface area (Å²) in [4.78, 5) is 30.1. The van der Waals surface area contributed by atoms with E-state index in [0.29, 0.717) is 11.7 Å². The molecule has 0 saturated heterocycles. The minimum Gasteiger partial charge on any atom is -0.344 e. The third-order valence-electron chi connectivity index (χ3n) is 3.54. The average Bonchev–Trinajstić information content (AvgIpc) is 2.46. The second-order valence-electron chi connectivity index (χ2n) is 5.73. The van der Waals surface area contributed by atoms with Crippen LogP contribution in [0.3, 0.4) is 0 Å². The van der Waals surface area contributed by atoms with E-state index in [9.17, 15) is 9.59 Å². The van der Waals surface area contributed by atoms with E-state index in [1.165, 1.54) is 11.6 Å². The van der Waals surface area contributed by atoms with Crippen LogP contribution in [-0.4, -0.2) is 15.9 Å². The van der Waals surface area contributed by atoms with E-state index >= 15 is 0 Å². The molecule has 0 aliphatic carbocycles. The number of carbonyl (C=O) groups is 1. The van der Waals surface area contributed by atoms with E-state index in [1.54, 1.807) is 6.92 Å². The summed E-state index contributed by atoms with van der Waals surface area (Å²) < 4.78 is 0. The Labute approximate surface area is 129 Å². The van der Waals surface area contributed by atoms with Gasteiger partial charge in [0.25, 0.3) is 11.5 Å². The molecule has 0 fully saturated rings. The number of hydrogen-bond acceptors (Lipinski definition) is 3. The molecule has 0 aliphatic heterocycles. The van der Waals surface area contributed by atoms with Crippen LogP contribution < -0.4 is 10.9 Å². The van der Waals surface area contributed by atoms with Gasteiger partial charge in [0.05, 0.1) is 6.04 Å². The molecule has 1 atom stereocenters. The SMILES string of the molecule is Cc1nc(C(=O)N[C@@H](C)c2ccc(C(C)C)cc2)cc(=O)[nH]1. The van der Waals surface area contributed by atoms with Crippen molar-refractivity contribution in [3.63, 3.8) is 0 Å². The molecule has 1 amide bonds. The molecule has 2 N–H and O–H groups in total. The lowest BCUT2D eigenvalue weighted by molar-refractivity contribution is 0.0934. The predicted octanol–water partition coefficient (Wildman–Crippen LogP) is 2.69. The molecule has 22 heavy (non-hydrogen) atoms. The molecule has 116 valence electrons. The first-order chi connectivity index (χ1) is 10.4. The van der Waals surface area contributed by atoms with Gasteiger partial charge < -0.3 is 10.3 Å². The lowest BCUT2D eigenvalue weighted by atomic mass is 9.99. The van der Waals surface area contributed by atoms with Gasteiger partial charge in [-0.3, -0.25) is 9.59 Å². The maximum Gasteiger partial charge on any atom is 0.270 e. The maximum absolute atomic E-state index is 12.2. The number of nitrogens with one attached hydrogen (secondary N) is 2. The molecule has 0 saturated carbocycles. The molecular formula is C17H21N3O2. The number of nitrogens with zero attached hydrogens (tertiary/aromatic N) is 1. The number of aromatic nitrogens is 2. The van der Waals surface area contributed by atoms with Gasteiger partial charge >= 0.3 is 0 Å². The summed E-state index contributed by atoms with van der Waals surface area (Å²) in [5.74, 6) is 0.545. The molecular weight excluding hydrogens is 278 g/mol. The third kappa shape index (κ3) is 3.81. The molecule has 1 heterocycles. The van der Waals surface area contributed by atoms with Gasteiger partial charge in [-0.15, -0.1) is 0 Å². The van der Waals surface area contributed by atoms with E-state index in [1.807, 2.05) is 19.1 Å². The smallest absolute Gasteiger partial charge is 0.270 e. The van der Waals surface area contributed by atoms with Crippen LogP contribution in [0.5, 0.6) is 0 Å². The Balaban J connectivity index is 2.12. The lowest BCUT2D eigenvalue weighted by Gasteiger charge is -2.15. The Morgan fingerprint density at radius 1 is 1.14 bits per heavy atom. The Hall–Kier alpha value is -2.43. The number of rotatable bonds is 4. The normalized spacial score (nSPS) is 12.2. The molecule has 2 rings (SSSR count). The monoisotopic (exact) mass is 299 g/mol. The summed E-state index contributed by atoms with van der Waals surface area (Å²) in [5, 5.41) is 2.86. The van der Waals surface area contributed by atoms with Crippen molar-refractivity contribution in [2.45, 2.75) is 39.7 Å². The number of hydrogen-bond donors (Lipinski definition) is 2. The fraction of sp³-hybridized carbons (Fsp3) is 0.353. The molecule has 0 aliphatic rings. The van der Waals surface area contributed by atoms with Crippen LogP contribution in [0.15, 0.2) is 35.1 Å². The summed E-state index contributed by atoms with van der Waals surface area (Å²) in [6, 6.07) is 9.20. The van der Waals surface area contributed by atoms with Crippen LogP contribution in [0.4, 0.5) is 0 Å². The van der Waals surface area contributed by atoms with Crippen LogP contribution in [0, 0.1) is 6.92 Å². The van der Waals surface area contributed by atoms with Crippen molar-refractivity contribution in [3.8, 4) is 0 Å². The quantitative estimate of drug-likeness (QED) is 0.911. The van der Waals surface area contributed by atoms with Gasteiger partial charge in [-0.25, -0.2) is 4.98 Å². The average molecular weight is 299 g/mol. The van der Waals surface area contributed by atoms with E-state index in [0.717, 1.165) is 5.56 Å². The second kappa shape index (κ2) is 6.56. The van der Waals surface area contributed by atoms with Crippen molar-refractivity contribution in [1.29, 1.82) is 0 Å². The molecule has 1 aromatic carbocycles. The van der Waals surface area contributed by atoms with E-state index in [2.05, 4.69) is 41.3 Å². The third-order valence-corrected chi connectivity index (χ3v) is 3.54. The predicted molar refractivity (Wildman–Crippen MR) is 86.0 cm³/mol. The number of H-pyrrole nitrogens is 1. The topological polar surface area (TPSA) is 74.8 Å². The maximum atomic E-state index is 12.2. The molecule has 5 nitrogen and oxygen atoms in total. The standard InChI is InChI=1S/C17H21N3O2/c1-10(2)13-5-7-14(8-6-13)11(3)18-17(22)15-9-16(21)20-12(4)19-15/h5-11H,1-4H3,(H,18,22)(H,19,20,21)/t11-/m0/s1. The summed E-state index contributed by atoms with van der Waals surface area (Å²) in [6.07, 6.45) is 0. The molecule has 0 bridgehead atoms. The van der Waals surface area contributed by atoms with Crippen LogP contribution in [0.2, 0.25) is 0 Å². The zero-order valence-electron chi connectivity index (χ0n) is 13.3. The minimum atomic E-state index is -0.352. The largest absolute Gasteiger partial charge is 0.344 e. The Bertz CT molecular complexity index is 717. The van der Waals surface area contributed by atoms with Crippen LogP contribution >= 0.6 is 0 Å². The number of benzene rings is 1. The van der Waals surface area contributed by atoms with Gasteiger partial charge in [-0.1, -0.05) is 38.1 Å². The van der Waals surface area contributed by atoms with Gasteiger partial charge in [0.1, 0.15) is 11.5 Å². The Kier molecular flexibility index (Phi) is 4.75. The highest BCUT2D eigenvalue weighted by Crippen LogP contribution is 2.18. The van der Waals surface area contributed by atoms with Crippen molar-refractivity contribution >= 4 is 5.91 Å². The van der Waals surface area contributed by atoms with Crippen molar-refractivity contribution in [3.05, 3.63) is 63.3 Å². The van der Waals surface area contributed by atoms with Gasteiger partial charge in [-0.05, 0) is 30.9 Å². The van der Waals surface area contributed by atoms with Crippen LogP contribution in [0.25, 0.3) is 0 Å². The van der Waals surface area contributed by atoms with Gasteiger partial charge in [-0.2, -0.15) is 0 Å². The summed E-state index contributed by atoms with van der Waals surface area (Å²) in [5.41, 5.74) is 2.08. The van der Waals surface area contributed by atoms with E-state index < -0.39 is 0 Å². The molecule has 5 heteroatoms. The highest BCUT2D eigenvalue weighted by Gasteiger charge is 2.14. The Morgan fingerprint density at radius 3 is 2.27 bits per heavy atom. The summed E-state index contributed by atoms with van der Waals surface area (Å²) >= 11 is 0. The van der Waals surface area contributed by atoms with E-state index in [4.69, 9.17) is 0 Å². The van der Waals surface area contributed by atoms with Crippen molar-refractivity contribution in [1.82, 2.24) is 15.3 Å². The molecule has 0 radical (unpaired) electrons. The highest BCUT2D eigenvalue weighted by atomic mass is 16.2. The first-order valence-corrected chi connectivity index (χ1v) is 7.35. The lowest BCUT2D eigenvalue weighted by Crippen LogP contribution is -2.29. The molecule has 0 spiro atoms. The first-order valence-electron chi connectivity index (χ1n) is 7.35. The zero-order chi connectivity index (χ0) is 16.3.